The van der Waals surface area contributed by atoms with E-state index in [0.29, 0.717) is 11.5 Å². The molecule has 0 radical (unpaired) electrons. The van der Waals surface area contributed by atoms with Crippen molar-refractivity contribution >= 4 is 5.91 Å². The molecule has 1 heterocycles. The zero-order valence-electron chi connectivity index (χ0n) is 25.5. The van der Waals surface area contributed by atoms with Crippen LogP contribution in [0.4, 0.5) is 0 Å². The Kier molecular flexibility index (Phi) is 10.5. The second-order valence-electron chi connectivity index (χ2n) is 10.9. The minimum Gasteiger partial charge on any atom is -0.497 e. The van der Waals surface area contributed by atoms with Crippen LogP contribution in [0.5, 0.6) is 11.5 Å². The first-order valence-electron chi connectivity index (χ1n) is 14.8. The van der Waals surface area contributed by atoms with Crippen molar-refractivity contribution in [2.24, 2.45) is 0 Å². The van der Waals surface area contributed by atoms with E-state index in [1.807, 2.05) is 109 Å². The number of amides is 1. The maximum Gasteiger partial charge on any atom is 0.217 e. The number of nitrogens with one attached hydrogen (secondary N) is 1. The second kappa shape index (κ2) is 14.7. The van der Waals surface area contributed by atoms with Crippen molar-refractivity contribution in [2.45, 2.75) is 49.8 Å². The van der Waals surface area contributed by atoms with Crippen LogP contribution in [-0.4, -0.2) is 67.6 Å². The zero-order chi connectivity index (χ0) is 31.8. The van der Waals surface area contributed by atoms with E-state index in [2.05, 4.69) is 5.32 Å². The molecule has 9 nitrogen and oxygen atoms in total. The van der Waals surface area contributed by atoms with Gasteiger partial charge >= 0.3 is 0 Å². The number of carbonyl (C=O) groups excluding carboxylic acids is 1. The Labute approximate surface area is 263 Å². The lowest BCUT2D eigenvalue weighted by Gasteiger charge is -2.44. The van der Waals surface area contributed by atoms with Crippen molar-refractivity contribution in [3.63, 3.8) is 0 Å². The summed E-state index contributed by atoms with van der Waals surface area (Å²) in [5.74, 6) is 0.985. The summed E-state index contributed by atoms with van der Waals surface area (Å²) < 4.78 is 30.1. The molecule has 5 rings (SSSR count). The van der Waals surface area contributed by atoms with Gasteiger partial charge in [-0.25, -0.2) is 0 Å². The Hall–Kier alpha value is -4.25. The number of methoxy groups -OCH3 is 2. The van der Waals surface area contributed by atoms with Crippen LogP contribution >= 0.6 is 0 Å². The largest absolute Gasteiger partial charge is 0.497 e. The van der Waals surface area contributed by atoms with E-state index in [1.165, 1.54) is 6.92 Å². The summed E-state index contributed by atoms with van der Waals surface area (Å²) in [7, 11) is 3.22. The van der Waals surface area contributed by atoms with Crippen LogP contribution in [0.2, 0.25) is 0 Å². The third-order valence-corrected chi connectivity index (χ3v) is 7.97. The van der Waals surface area contributed by atoms with E-state index < -0.39 is 36.2 Å². The topological polar surface area (TPSA) is 116 Å². The number of hydrogen-bond donors (Lipinski definition) is 3. The van der Waals surface area contributed by atoms with Crippen molar-refractivity contribution < 1.29 is 38.7 Å². The summed E-state index contributed by atoms with van der Waals surface area (Å²) in [5, 5.41) is 25.2. The third-order valence-electron chi connectivity index (χ3n) is 7.97. The summed E-state index contributed by atoms with van der Waals surface area (Å²) in [4.78, 5) is 12.0. The van der Waals surface area contributed by atoms with Crippen LogP contribution in [0.3, 0.4) is 0 Å². The highest BCUT2D eigenvalue weighted by atomic mass is 16.7. The maximum atomic E-state index is 12.0. The molecule has 4 aromatic rings. The summed E-state index contributed by atoms with van der Waals surface area (Å²) in [6.07, 6.45) is -4.84. The molecule has 0 spiro atoms. The number of ether oxygens (including phenoxy) is 5. The summed E-state index contributed by atoms with van der Waals surface area (Å²) in [6, 6.07) is 33.4. The first-order valence-corrected chi connectivity index (χ1v) is 14.8. The number of aliphatic hydroxyl groups excluding tert-OH is 2. The maximum absolute atomic E-state index is 12.0. The van der Waals surface area contributed by atoms with Crippen LogP contribution < -0.4 is 14.8 Å². The molecule has 1 aliphatic rings. The molecule has 9 heteroatoms. The Morgan fingerprint density at radius 2 is 1.27 bits per heavy atom. The van der Waals surface area contributed by atoms with Crippen molar-refractivity contribution in [1.82, 2.24) is 5.32 Å². The molecule has 4 aromatic carbocycles. The number of aliphatic hydroxyl groups is 2. The molecular formula is C36H39NO8. The Morgan fingerprint density at radius 3 is 1.78 bits per heavy atom. The van der Waals surface area contributed by atoms with E-state index in [9.17, 15) is 15.0 Å². The van der Waals surface area contributed by atoms with E-state index in [1.54, 1.807) is 14.2 Å². The van der Waals surface area contributed by atoms with Crippen molar-refractivity contribution in [3.05, 3.63) is 131 Å². The highest BCUT2D eigenvalue weighted by Gasteiger charge is 2.47. The Balaban J connectivity index is 1.51. The van der Waals surface area contributed by atoms with Gasteiger partial charge in [0.15, 0.2) is 6.29 Å². The predicted molar refractivity (Wildman–Crippen MR) is 168 cm³/mol. The fraction of sp³-hybridized carbons (Fsp3) is 0.306. The first kappa shape index (κ1) is 32.2. The second-order valence-corrected chi connectivity index (χ2v) is 10.9. The fourth-order valence-electron chi connectivity index (χ4n) is 5.63. The number of hydrogen-bond acceptors (Lipinski definition) is 8. The van der Waals surface area contributed by atoms with Crippen LogP contribution in [0.15, 0.2) is 109 Å². The van der Waals surface area contributed by atoms with Gasteiger partial charge in [0.05, 0.1) is 27.4 Å². The van der Waals surface area contributed by atoms with Crippen molar-refractivity contribution in [1.29, 1.82) is 0 Å². The summed E-state index contributed by atoms with van der Waals surface area (Å²) in [5.41, 5.74) is 2.16. The van der Waals surface area contributed by atoms with Gasteiger partial charge in [-0.3, -0.25) is 4.79 Å². The van der Waals surface area contributed by atoms with Crippen LogP contribution in [0, 0.1) is 0 Å². The third kappa shape index (κ3) is 7.19. The Morgan fingerprint density at radius 1 is 0.756 bits per heavy atom. The molecular weight excluding hydrogens is 574 g/mol. The van der Waals surface area contributed by atoms with Crippen molar-refractivity contribution in [3.8, 4) is 11.5 Å². The normalized spacial score (nSPS) is 21.6. The lowest BCUT2D eigenvalue weighted by atomic mass is 9.80. The molecule has 2 unspecified atom stereocenters. The van der Waals surface area contributed by atoms with E-state index in [4.69, 9.17) is 23.7 Å². The first-order chi connectivity index (χ1) is 21.8. The number of carbonyl (C=O) groups is 1. The quantitative estimate of drug-likeness (QED) is 0.204. The average Bonchev–Trinajstić information content (AvgIpc) is 3.08. The molecule has 0 aromatic heterocycles. The number of benzene rings is 4. The van der Waals surface area contributed by atoms with E-state index >= 15 is 0 Å². The lowest BCUT2D eigenvalue weighted by molar-refractivity contribution is -0.279. The standard InChI is InChI=1S/C36H39NO8/c1-24(38)37-32-34(40)33(39)31(45-35(32)43-22-25-10-6-4-7-11-25)23-44-36(26-12-8-5-9-13-26,27-14-18-29(41-2)19-15-27)28-16-20-30(42-3)21-17-28/h4-21,31-35,39-40H,22-23H2,1-3H3,(H,37,38)/t31?,32?,33-,34-,35-/m0/s1. The molecule has 0 saturated carbocycles. The minimum absolute atomic E-state index is 0.136. The molecule has 1 saturated heterocycles. The van der Waals surface area contributed by atoms with Gasteiger partial charge in [0.25, 0.3) is 0 Å². The van der Waals surface area contributed by atoms with Gasteiger partial charge in [0, 0.05) is 6.92 Å². The molecule has 1 aliphatic heterocycles. The van der Waals surface area contributed by atoms with Crippen molar-refractivity contribution in [2.75, 3.05) is 20.8 Å². The molecule has 236 valence electrons. The predicted octanol–water partition coefficient (Wildman–Crippen LogP) is 4.18. The molecule has 1 amide bonds. The van der Waals surface area contributed by atoms with Gasteiger partial charge < -0.3 is 39.2 Å². The average molecular weight is 614 g/mol. The molecule has 1 fully saturated rings. The smallest absolute Gasteiger partial charge is 0.217 e. The zero-order valence-corrected chi connectivity index (χ0v) is 25.5. The van der Waals surface area contributed by atoms with Crippen LogP contribution in [0.1, 0.15) is 29.2 Å². The molecule has 3 N–H and O–H groups in total. The minimum atomic E-state index is -1.39. The van der Waals surface area contributed by atoms with Gasteiger partial charge in [0.1, 0.15) is 41.5 Å². The Bertz CT molecular complexity index is 1450. The van der Waals surface area contributed by atoms with Gasteiger partial charge in [-0.2, -0.15) is 0 Å². The van der Waals surface area contributed by atoms with Gasteiger partial charge in [-0.15, -0.1) is 0 Å². The summed E-state index contributed by atoms with van der Waals surface area (Å²) in [6.45, 7) is 1.37. The highest BCUT2D eigenvalue weighted by Crippen LogP contribution is 2.42. The van der Waals surface area contributed by atoms with Crippen LogP contribution in [0.25, 0.3) is 0 Å². The lowest BCUT2D eigenvalue weighted by Crippen LogP contribution is -2.64. The molecule has 5 atom stereocenters. The molecule has 0 aliphatic carbocycles. The highest BCUT2D eigenvalue weighted by molar-refractivity contribution is 5.73. The SMILES string of the molecule is COc1ccc(C(OCC2O[C@H](OCc3ccccc3)C(NC(C)=O)[C@H](O)[C@H]2O)(c2ccccc2)c2ccc(OC)cc2)cc1. The monoisotopic (exact) mass is 613 g/mol. The van der Waals surface area contributed by atoms with E-state index in [-0.39, 0.29) is 19.1 Å². The van der Waals surface area contributed by atoms with Gasteiger partial charge in [-0.1, -0.05) is 84.9 Å². The number of rotatable bonds is 12. The van der Waals surface area contributed by atoms with Gasteiger partial charge in [0.2, 0.25) is 5.91 Å². The molecule has 0 bridgehead atoms. The van der Waals surface area contributed by atoms with Gasteiger partial charge in [-0.05, 0) is 46.5 Å². The summed E-state index contributed by atoms with van der Waals surface area (Å²) >= 11 is 0. The fourth-order valence-corrected chi connectivity index (χ4v) is 5.63. The van der Waals surface area contributed by atoms with Crippen LogP contribution in [-0.2, 0) is 31.2 Å². The van der Waals surface area contributed by atoms with E-state index in [0.717, 1.165) is 22.3 Å². The molecule has 45 heavy (non-hydrogen) atoms.